The Labute approximate surface area is 118 Å². The molecule has 0 saturated carbocycles. The van der Waals surface area contributed by atoms with Gasteiger partial charge in [-0.15, -0.1) is 12.6 Å². The van der Waals surface area contributed by atoms with Crippen LogP contribution in [0.1, 0.15) is 0 Å². The topological polar surface area (TPSA) is 29.5 Å². The van der Waals surface area contributed by atoms with Crippen LogP contribution >= 0.6 is 24.2 Å². The number of benzene rings is 2. The van der Waals surface area contributed by atoms with Gasteiger partial charge in [-0.05, 0) is 36.4 Å². The number of ether oxygens (including phenoxy) is 1. The molecule has 0 unspecified atom stereocenters. The third-order valence-corrected chi connectivity index (χ3v) is 2.48. The molecule has 0 aliphatic rings. The lowest BCUT2D eigenvalue weighted by atomic mass is 10.3. The summed E-state index contributed by atoms with van der Waals surface area (Å²) < 4.78 is 5.13. The first-order valence-electron chi connectivity index (χ1n) is 5.45. The van der Waals surface area contributed by atoms with E-state index in [1.54, 1.807) is 0 Å². The molecule has 0 aromatic heterocycles. The standard InChI is InChI=1S/C8H10O2S.C6H5Cl/c9-5-6-10-7-1-3-8(11)4-2-7;7-6-4-2-1-3-5-6/h1-4,9,11H,5-6H2;1-5H. The van der Waals surface area contributed by atoms with Crippen molar-refractivity contribution < 1.29 is 9.84 Å². The molecule has 2 aromatic carbocycles. The minimum Gasteiger partial charge on any atom is -0.491 e. The Morgan fingerprint density at radius 1 is 1.00 bits per heavy atom. The highest BCUT2D eigenvalue weighted by Crippen LogP contribution is 2.13. The maximum atomic E-state index is 8.44. The summed E-state index contributed by atoms with van der Waals surface area (Å²) in [6.45, 7) is 0.383. The van der Waals surface area contributed by atoms with Gasteiger partial charge in [-0.1, -0.05) is 29.8 Å². The van der Waals surface area contributed by atoms with Crippen LogP contribution in [0.3, 0.4) is 0 Å². The SMILES string of the molecule is Clc1ccccc1.OCCOc1ccc(S)cc1. The van der Waals surface area contributed by atoms with E-state index in [2.05, 4.69) is 12.6 Å². The summed E-state index contributed by atoms with van der Waals surface area (Å²) >= 11 is 9.66. The maximum Gasteiger partial charge on any atom is 0.119 e. The van der Waals surface area contributed by atoms with Crippen LogP contribution in [0.25, 0.3) is 0 Å². The van der Waals surface area contributed by atoms with E-state index in [1.807, 2.05) is 54.6 Å². The highest BCUT2D eigenvalue weighted by molar-refractivity contribution is 7.80. The molecule has 0 fully saturated rings. The number of halogens is 1. The van der Waals surface area contributed by atoms with Crippen molar-refractivity contribution in [2.75, 3.05) is 13.2 Å². The molecule has 0 atom stereocenters. The van der Waals surface area contributed by atoms with Crippen LogP contribution in [-0.4, -0.2) is 18.3 Å². The van der Waals surface area contributed by atoms with E-state index < -0.39 is 0 Å². The van der Waals surface area contributed by atoms with Crippen LogP contribution in [0, 0.1) is 0 Å². The highest BCUT2D eigenvalue weighted by atomic mass is 35.5. The lowest BCUT2D eigenvalue weighted by Crippen LogP contribution is -2.00. The Morgan fingerprint density at radius 3 is 2.06 bits per heavy atom. The summed E-state index contributed by atoms with van der Waals surface area (Å²) in [7, 11) is 0. The van der Waals surface area contributed by atoms with Crippen LogP contribution in [0.15, 0.2) is 59.5 Å². The van der Waals surface area contributed by atoms with E-state index in [0.717, 1.165) is 15.7 Å². The number of hydrogen-bond acceptors (Lipinski definition) is 3. The van der Waals surface area contributed by atoms with Crippen molar-refractivity contribution in [2.24, 2.45) is 0 Å². The Balaban J connectivity index is 0.000000199. The van der Waals surface area contributed by atoms with Crippen LogP contribution in [-0.2, 0) is 0 Å². The lowest BCUT2D eigenvalue weighted by molar-refractivity contribution is 0.201. The van der Waals surface area contributed by atoms with Gasteiger partial charge in [0.2, 0.25) is 0 Å². The second-order valence-corrected chi connectivity index (χ2v) is 4.31. The Bertz CT molecular complexity index is 431. The average Bonchev–Trinajstić information content (AvgIpc) is 2.40. The maximum absolute atomic E-state index is 8.44. The number of hydrogen-bond donors (Lipinski definition) is 2. The van der Waals surface area contributed by atoms with Gasteiger partial charge in [-0.25, -0.2) is 0 Å². The Kier molecular flexibility index (Phi) is 7.34. The van der Waals surface area contributed by atoms with Gasteiger partial charge in [-0.2, -0.15) is 0 Å². The van der Waals surface area contributed by atoms with Gasteiger partial charge >= 0.3 is 0 Å². The van der Waals surface area contributed by atoms with Gasteiger partial charge in [0.15, 0.2) is 0 Å². The molecule has 0 aliphatic carbocycles. The predicted molar refractivity (Wildman–Crippen MR) is 77.7 cm³/mol. The van der Waals surface area contributed by atoms with Crippen LogP contribution in [0.5, 0.6) is 5.75 Å². The summed E-state index contributed by atoms with van der Waals surface area (Å²) in [4.78, 5) is 0.904. The smallest absolute Gasteiger partial charge is 0.119 e. The Hall–Kier alpha value is -1.16. The fourth-order valence-corrected chi connectivity index (χ4v) is 1.42. The minimum absolute atomic E-state index is 0.0443. The summed E-state index contributed by atoms with van der Waals surface area (Å²) in [5, 5.41) is 9.24. The molecule has 2 rings (SSSR count). The predicted octanol–water partition coefficient (Wildman–Crippen LogP) is 3.69. The molecule has 0 spiro atoms. The molecule has 0 amide bonds. The Morgan fingerprint density at radius 2 is 1.61 bits per heavy atom. The number of thiol groups is 1. The molecular formula is C14H15ClO2S. The molecule has 2 nitrogen and oxygen atoms in total. The van der Waals surface area contributed by atoms with Crippen molar-refractivity contribution in [2.45, 2.75) is 4.90 Å². The normalized spacial score (nSPS) is 9.28. The highest BCUT2D eigenvalue weighted by Gasteiger charge is 1.90. The molecule has 0 radical (unpaired) electrons. The van der Waals surface area contributed by atoms with E-state index in [1.165, 1.54) is 0 Å². The zero-order valence-corrected chi connectivity index (χ0v) is 11.4. The monoisotopic (exact) mass is 282 g/mol. The first kappa shape index (κ1) is 14.9. The van der Waals surface area contributed by atoms with Gasteiger partial charge in [0.1, 0.15) is 12.4 Å². The van der Waals surface area contributed by atoms with Crippen molar-refractivity contribution >= 4 is 24.2 Å². The zero-order valence-electron chi connectivity index (χ0n) is 9.79. The van der Waals surface area contributed by atoms with E-state index in [0.29, 0.717) is 6.61 Å². The summed E-state index contributed by atoms with van der Waals surface area (Å²) in [5.74, 6) is 0.761. The van der Waals surface area contributed by atoms with E-state index >= 15 is 0 Å². The first-order valence-corrected chi connectivity index (χ1v) is 6.28. The molecule has 0 heterocycles. The molecule has 2 aromatic rings. The van der Waals surface area contributed by atoms with Crippen LogP contribution < -0.4 is 4.74 Å². The number of aliphatic hydroxyl groups excluding tert-OH is 1. The van der Waals surface area contributed by atoms with E-state index in [4.69, 9.17) is 21.4 Å². The third kappa shape index (κ3) is 6.55. The molecule has 0 aliphatic heterocycles. The van der Waals surface area contributed by atoms with Crippen molar-refractivity contribution in [1.82, 2.24) is 0 Å². The largest absolute Gasteiger partial charge is 0.491 e. The van der Waals surface area contributed by atoms with Gasteiger partial charge in [0.25, 0.3) is 0 Å². The molecule has 4 heteroatoms. The second kappa shape index (κ2) is 8.86. The van der Waals surface area contributed by atoms with Crippen molar-refractivity contribution in [3.8, 4) is 5.75 Å². The first-order chi connectivity index (χ1) is 8.72. The fourth-order valence-electron chi connectivity index (χ4n) is 1.12. The fraction of sp³-hybridized carbons (Fsp3) is 0.143. The van der Waals surface area contributed by atoms with Gasteiger partial charge < -0.3 is 9.84 Å². The second-order valence-electron chi connectivity index (χ2n) is 3.36. The van der Waals surface area contributed by atoms with Gasteiger partial charge in [0, 0.05) is 9.92 Å². The number of rotatable bonds is 3. The van der Waals surface area contributed by atoms with E-state index in [-0.39, 0.29) is 6.61 Å². The average molecular weight is 283 g/mol. The minimum atomic E-state index is 0.0443. The van der Waals surface area contributed by atoms with Crippen LogP contribution in [0.4, 0.5) is 0 Å². The quantitative estimate of drug-likeness (QED) is 0.841. The van der Waals surface area contributed by atoms with E-state index in [9.17, 15) is 0 Å². The van der Waals surface area contributed by atoms with Crippen LogP contribution in [0.2, 0.25) is 5.02 Å². The summed E-state index contributed by atoms with van der Waals surface area (Å²) in [5.41, 5.74) is 0. The molecule has 1 N–H and O–H groups in total. The summed E-state index contributed by atoms with van der Waals surface area (Å²) in [6, 6.07) is 16.8. The van der Waals surface area contributed by atoms with Crippen molar-refractivity contribution in [3.63, 3.8) is 0 Å². The molecule has 0 bridgehead atoms. The van der Waals surface area contributed by atoms with Crippen molar-refractivity contribution in [1.29, 1.82) is 0 Å². The molecular weight excluding hydrogens is 268 g/mol. The lowest BCUT2D eigenvalue weighted by Gasteiger charge is -2.02. The molecule has 18 heavy (non-hydrogen) atoms. The van der Waals surface area contributed by atoms with Crippen molar-refractivity contribution in [3.05, 3.63) is 59.6 Å². The number of aliphatic hydroxyl groups is 1. The van der Waals surface area contributed by atoms with Gasteiger partial charge in [0.05, 0.1) is 6.61 Å². The molecule has 96 valence electrons. The third-order valence-electron chi connectivity index (χ3n) is 1.93. The molecule has 0 saturated heterocycles. The van der Waals surface area contributed by atoms with Gasteiger partial charge in [-0.3, -0.25) is 0 Å². The zero-order chi connectivity index (χ0) is 13.2. The summed E-state index contributed by atoms with van der Waals surface area (Å²) in [6.07, 6.45) is 0.